The first-order valence-electron chi connectivity index (χ1n) is 4.13. The summed E-state index contributed by atoms with van der Waals surface area (Å²) in [4.78, 5) is 22.9. The monoisotopic (exact) mass is 310 g/mol. The molecule has 13 heavy (non-hydrogen) atoms. The summed E-state index contributed by atoms with van der Waals surface area (Å²) in [5, 5.41) is 0. The second-order valence-corrected chi connectivity index (χ2v) is 5.81. The highest BCUT2D eigenvalue weighted by atomic mass is 79.9. The first-order chi connectivity index (χ1) is 6.09. The van der Waals surface area contributed by atoms with Gasteiger partial charge < -0.3 is 4.74 Å². The van der Waals surface area contributed by atoms with Gasteiger partial charge in [0.15, 0.2) is 0 Å². The first-order valence-corrected chi connectivity index (χ1v) is 5.96. The van der Waals surface area contributed by atoms with E-state index in [2.05, 4.69) is 36.6 Å². The molecule has 2 aliphatic rings. The van der Waals surface area contributed by atoms with Crippen molar-refractivity contribution < 1.29 is 14.3 Å². The van der Waals surface area contributed by atoms with Crippen LogP contribution in [0.25, 0.3) is 0 Å². The van der Waals surface area contributed by atoms with Gasteiger partial charge in [0.2, 0.25) is 0 Å². The Morgan fingerprint density at radius 2 is 1.38 bits per heavy atom. The van der Waals surface area contributed by atoms with Crippen molar-refractivity contribution in [2.75, 3.05) is 0 Å². The van der Waals surface area contributed by atoms with E-state index < -0.39 is 0 Å². The van der Waals surface area contributed by atoms with Crippen LogP contribution < -0.4 is 0 Å². The highest BCUT2D eigenvalue weighted by Gasteiger charge is 2.49. The Morgan fingerprint density at radius 3 is 1.77 bits per heavy atom. The number of carbonyl (C=O) groups excluding carboxylic acids is 2. The molecule has 3 nitrogen and oxygen atoms in total. The van der Waals surface area contributed by atoms with Crippen LogP contribution in [0.2, 0.25) is 0 Å². The van der Waals surface area contributed by atoms with E-state index in [1.165, 1.54) is 0 Å². The van der Waals surface area contributed by atoms with Crippen LogP contribution in [0.1, 0.15) is 12.8 Å². The van der Waals surface area contributed by atoms with Crippen molar-refractivity contribution >= 4 is 43.8 Å². The zero-order valence-corrected chi connectivity index (χ0v) is 9.88. The molecular weight excluding hydrogens is 304 g/mol. The second kappa shape index (κ2) is 3.35. The minimum Gasteiger partial charge on any atom is -0.393 e. The molecule has 0 aromatic carbocycles. The molecule has 0 aromatic heterocycles. The van der Waals surface area contributed by atoms with Gasteiger partial charge in [-0.05, 0) is 12.8 Å². The zero-order valence-electron chi connectivity index (χ0n) is 6.70. The van der Waals surface area contributed by atoms with Gasteiger partial charge in [0.05, 0.1) is 11.8 Å². The fraction of sp³-hybridized carbons (Fsp3) is 0.750. The largest absolute Gasteiger partial charge is 0.393 e. The topological polar surface area (TPSA) is 43.4 Å². The molecule has 0 spiro atoms. The van der Waals surface area contributed by atoms with Crippen LogP contribution in [-0.4, -0.2) is 21.6 Å². The van der Waals surface area contributed by atoms with Crippen molar-refractivity contribution in [1.29, 1.82) is 0 Å². The minimum absolute atomic E-state index is 0.217. The van der Waals surface area contributed by atoms with E-state index in [9.17, 15) is 9.59 Å². The molecule has 0 radical (unpaired) electrons. The molecule has 0 unspecified atom stereocenters. The number of carbonyl (C=O) groups is 2. The molecule has 2 rings (SSSR count). The Hall–Kier alpha value is 0.1000. The minimum atomic E-state index is -0.348. The maximum absolute atomic E-state index is 11.2. The van der Waals surface area contributed by atoms with Crippen molar-refractivity contribution in [3.8, 4) is 0 Å². The molecule has 1 saturated heterocycles. The van der Waals surface area contributed by atoms with Crippen LogP contribution in [0.4, 0.5) is 0 Å². The van der Waals surface area contributed by atoms with Crippen LogP contribution >= 0.6 is 31.9 Å². The Bertz CT molecular complexity index is 240. The highest BCUT2D eigenvalue weighted by molar-refractivity contribution is 9.12. The lowest BCUT2D eigenvalue weighted by atomic mass is 9.81. The van der Waals surface area contributed by atoms with Crippen LogP contribution in [0.15, 0.2) is 0 Å². The van der Waals surface area contributed by atoms with Gasteiger partial charge in [0, 0.05) is 9.65 Å². The number of cyclic esters (lactones) is 2. The van der Waals surface area contributed by atoms with Gasteiger partial charge in [-0.25, -0.2) is 0 Å². The SMILES string of the molecule is O=C1OC(=O)[C@@H]2C[C@@H](Br)[C@H](Br)C[C@H]12. The fourth-order valence-corrected chi connectivity index (χ4v) is 3.12. The molecule has 4 atom stereocenters. The summed E-state index contributed by atoms with van der Waals surface area (Å²) in [5.74, 6) is -1.13. The summed E-state index contributed by atoms with van der Waals surface area (Å²) in [6, 6.07) is 0. The summed E-state index contributed by atoms with van der Waals surface area (Å²) in [7, 11) is 0. The summed E-state index contributed by atoms with van der Waals surface area (Å²) in [6.45, 7) is 0. The van der Waals surface area contributed by atoms with Crippen LogP contribution in [0.3, 0.4) is 0 Å². The van der Waals surface area contributed by atoms with E-state index in [-0.39, 0.29) is 33.4 Å². The lowest BCUT2D eigenvalue weighted by Crippen LogP contribution is -2.34. The molecule has 0 aromatic rings. The van der Waals surface area contributed by atoms with Crippen molar-refractivity contribution in [2.24, 2.45) is 11.8 Å². The maximum atomic E-state index is 11.2. The number of esters is 2. The summed E-state index contributed by atoms with van der Waals surface area (Å²) in [5.41, 5.74) is 0. The predicted octanol–water partition coefficient (Wildman–Crippen LogP) is 1.62. The molecule has 0 amide bonds. The van der Waals surface area contributed by atoms with E-state index in [4.69, 9.17) is 0 Å². The van der Waals surface area contributed by atoms with E-state index in [1.54, 1.807) is 0 Å². The Morgan fingerprint density at radius 1 is 1.00 bits per heavy atom. The smallest absolute Gasteiger partial charge is 0.317 e. The van der Waals surface area contributed by atoms with Gasteiger partial charge in [-0.1, -0.05) is 31.9 Å². The summed E-state index contributed by atoms with van der Waals surface area (Å²) >= 11 is 6.94. The molecule has 1 aliphatic carbocycles. The number of rotatable bonds is 0. The molecule has 72 valence electrons. The summed E-state index contributed by atoms with van der Waals surface area (Å²) in [6.07, 6.45) is 1.37. The van der Waals surface area contributed by atoms with E-state index >= 15 is 0 Å². The Kier molecular flexibility index (Phi) is 2.49. The molecule has 5 heteroatoms. The van der Waals surface area contributed by atoms with Crippen molar-refractivity contribution in [3.63, 3.8) is 0 Å². The average molecular weight is 312 g/mol. The number of hydrogen-bond acceptors (Lipinski definition) is 3. The van der Waals surface area contributed by atoms with Gasteiger partial charge in [0.25, 0.3) is 0 Å². The van der Waals surface area contributed by atoms with Crippen LogP contribution in [0, 0.1) is 11.8 Å². The van der Waals surface area contributed by atoms with Gasteiger partial charge in [0.1, 0.15) is 0 Å². The lowest BCUT2D eigenvalue weighted by molar-refractivity contribution is -0.153. The molecule has 0 bridgehead atoms. The quantitative estimate of drug-likeness (QED) is 0.388. The van der Waals surface area contributed by atoms with Gasteiger partial charge in [-0.3, -0.25) is 9.59 Å². The highest BCUT2D eigenvalue weighted by Crippen LogP contribution is 2.41. The maximum Gasteiger partial charge on any atom is 0.317 e. The normalized spacial score (nSPS) is 44.5. The van der Waals surface area contributed by atoms with Crippen LogP contribution in [-0.2, 0) is 14.3 Å². The molecular formula is C8H8Br2O3. The third-order valence-electron chi connectivity index (χ3n) is 2.64. The average Bonchev–Trinajstić information content (AvgIpc) is 2.31. The number of alkyl halides is 2. The number of ether oxygens (including phenoxy) is 1. The number of hydrogen-bond donors (Lipinski definition) is 0. The van der Waals surface area contributed by atoms with Crippen molar-refractivity contribution in [2.45, 2.75) is 22.5 Å². The van der Waals surface area contributed by atoms with E-state index in [0.29, 0.717) is 12.8 Å². The van der Waals surface area contributed by atoms with Crippen molar-refractivity contribution in [3.05, 3.63) is 0 Å². The van der Waals surface area contributed by atoms with Gasteiger partial charge in [-0.2, -0.15) is 0 Å². The molecule has 0 N–H and O–H groups in total. The number of fused-ring (bicyclic) bond motifs is 1. The molecule has 1 aliphatic heterocycles. The van der Waals surface area contributed by atoms with E-state index in [0.717, 1.165) is 0 Å². The fourth-order valence-electron chi connectivity index (χ4n) is 1.88. The lowest BCUT2D eigenvalue weighted by Gasteiger charge is -2.28. The van der Waals surface area contributed by atoms with E-state index in [1.807, 2.05) is 0 Å². The predicted molar refractivity (Wildman–Crippen MR) is 52.7 cm³/mol. The summed E-state index contributed by atoms with van der Waals surface area (Å²) < 4.78 is 4.59. The Labute approximate surface area is 92.5 Å². The Balaban J connectivity index is 2.19. The third-order valence-corrected chi connectivity index (χ3v) is 5.38. The third kappa shape index (κ3) is 1.56. The zero-order chi connectivity index (χ0) is 9.59. The van der Waals surface area contributed by atoms with Gasteiger partial charge in [-0.15, -0.1) is 0 Å². The number of halogens is 2. The second-order valence-electron chi connectivity index (χ2n) is 3.46. The first kappa shape index (κ1) is 9.65. The molecule has 1 saturated carbocycles. The standard InChI is InChI=1S/C8H8Br2O3/c9-5-1-3-4(2-6(5)10)8(12)13-7(3)11/h3-6H,1-2H2/t3-,4+,5-,6-/m1/s1. The van der Waals surface area contributed by atoms with Gasteiger partial charge >= 0.3 is 11.9 Å². The molecule has 1 heterocycles. The van der Waals surface area contributed by atoms with Crippen LogP contribution in [0.5, 0.6) is 0 Å². The molecule has 2 fully saturated rings. The van der Waals surface area contributed by atoms with Crippen molar-refractivity contribution in [1.82, 2.24) is 0 Å².